The van der Waals surface area contributed by atoms with Crippen LogP contribution in [0, 0.1) is 6.92 Å². The lowest BCUT2D eigenvalue weighted by Gasteiger charge is -2.17. The lowest BCUT2D eigenvalue weighted by Crippen LogP contribution is -2.03. The van der Waals surface area contributed by atoms with Crippen molar-refractivity contribution in [3.8, 4) is 5.75 Å². The molecule has 0 atom stereocenters. The summed E-state index contributed by atoms with van der Waals surface area (Å²) in [5.41, 5.74) is 4.29. The Balaban J connectivity index is 0.000000386. The number of rotatable bonds is 1. The molecule has 90 valence electrons. The van der Waals surface area contributed by atoms with E-state index in [1.165, 1.54) is 42.4 Å². The van der Waals surface area contributed by atoms with Crippen LogP contribution in [0.3, 0.4) is 0 Å². The summed E-state index contributed by atoms with van der Waals surface area (Å²) in [6.45, 7) is 2.12. The first-order valence-corrected chi connectivity index (χ1v) is 5.97. The van der Waals surface area contributed by atoms with E-state index in [0.29, 0.717) is 0 Å². The van der Waals surface area contributed by atoms with Crippen LogP contribution in [-0.2, 0) is 12.8 Å². The summed E-state index contributed by atoms with van der Waals surface area (Å²) in [7, 11) is 5.50. The zero-order valence-electron chi connectivity index (χ0n) is 10.9. The topological polar surface area (TPSA) is 21.3 Å². The summed E-state index contributed by atoms with van der Waals surface area (Å²) in [6, 6.07) is 4.50. The van der Waals surface area contributed by atoms with E-state index in [1.807, 2.05) is 14.1 Å². The van der Waals surface area contributed by atoms with Crippen LogP contribution in [0.25, 0.3) is 0 Å². The molecule has 1 aliphatic rings. The second-order valence-electron chi connectivity index (χ2n) is 4.30. The molecule has 0 heterocycles. The maximum Gasteiger partial charge on any atom is 0.122 e. The van der Waals surface area contributed by atoms with Gasteiger partial charge in [-0.15, -0.1) is 0 Å². The van der Waals surface area contributed by atoms with Crippen LogP contribution in [0.4, 0.5) is 0 Å². The molecule has 0 spiro atoms. The molecule has 2 nitrogen and oxygen atoms in total. The molecule has 0 aliphatic heterocycles. The van der Waals surface area contributed by atoms with Gasteiger partial charge in [0.15, 0.2) is 0 Å². The van der Waals surface area contributed by atoms with Gasteiger partial charge in [-0.2, -0.15) is 0 Å². The van der Waals surface area contributed by atoms with E-state index in [4.69, 9.17) is 4.74 Å². The average Bonchev–Trinajstić information content (AvgIpc) is 2.29. The van der Waals surface area contributed by atoms with Crippen LogP contribution < -0.4 is 10.1 Å². The smallest absolute Gasteiger partial charge is 0.122 e. The van der Waals surface area contributed by atoms with Gasteiger partial charge in [0.1, 0.15) is 5.75 Å². The molecule has 0 aromatic heterocycles. The molecule has 2 heteroatoms. The fourth-order valence-electron chi connectivity index (χ4n) is 2.11. The summed E-state index contributed by atoms with van der Waals surface area (Å²) >= 11 is 0. The third kappa shape index (κ3) is 3.24. The number of methoxy groups -OCH3 is 1. The molecule has 1 aliphatic carbocycles. The van der Waals surface area contributed by atoms with E-state index < -0.39 is 0 Å². The number of hydrogen-bond acceptors (Lipinski definition) is 2. The Morgan fingerprint density at radius 2 is 1.56 bits per heavy atom. The second-order valence-corrected chi connectivity index (χ2v) is 4.30. The van der Waals surface area contributed by atoms with Gasteiger partial charge in [-0.05, 0) is 69.5 Å². The monoisotopic (exact) mass is 221 g/mol. The molecular formula is C14H23NO. The Morgan fingerprint density at radius 3 is 2.06 bits per heavy atom. The predicted molar refractivity (Wildman–Crippen MR) is 69.4 cm³/mol. The number of fused-ring (bicyclic) bond motifs is 1. The zero-order valence-corrected chi connectivity index (χ0v) is 10.9. The first-order valence-electron chi connectivity index (χ1n) is 5.97. The van der Waals surface area contributed by atoms with Gasteiger partial charge in [0.2, 0.25) is 0 Å². The van der Waals surface area contributed by atoms with Crippen LogP contribution in [-0.4, -0.2) is 21.2 Å². The van der Waals surface area contributed by atoms with Crippen LogP contribution in [0.2, 0.25) is 0 Å². The molecule has 0 saturated carbocycles. The quantitative estimate of drug-likeness (QED) is 0.787. The normalized spacial score (nSPS) is 13.5. The highest BCUT2D eigenvalue weighted by atomic mass is 16.5. The van der Waals surface area contributed by atoms with Gasteiger partial charge in [-0.3, -0.25) is 0 Å². The summed E-state index contributed by atoms with van der Waals surface area (Å²) < 4.78 is 5.31. The van der Waals surface area contributed by atoms with Crippen molar-refractivity contribution >= 4 is 0 Å². The van der Waals surface area contributed by atoms with Crippen molar-refractivity contribution in [2.75, 3.05) is 21.2 Å². The van der Waals surface area contributed by atoms with Crippen LogP contribution in [0.1, 0.15) is 29.5 Å². The molecule has 0 radical (unpaired) electrons. The Hall–Kier alpha value is -1.02. The molecule has 0 amide bonds. The Bertz CT molecular complexity index is 334. The standard InChI is InChI=1S/C12H16O.C2H7N/c1-9-7-10-5-3-4-6-11(10)8-12(9)13-2;1-3-2/h7-8H,3-6H2,1-2H3;3H,1-2H3. The predicted octanol–water partition coefficient (Wildman–Crippen LogP) is 2.72. The van der Waals surface area contributed by atoms with Crippen molar-refractivity contribution in [1.29, 1.82) is 0 Å². The molecule has 0 saturated heterocycles. The van der Waals surface area contributed by atoms with E-state index in [0.717, 1.165) is 5.75 Å². The van der Waals surface area contributed by atoms with Crippen molar-refractivity contribution in [1.82, 2.24) is 5.32 Å². The maximum absolute atomic E-state index is 5.31. The third-order valence-electron chi connectivity index (χ3n) is 2.86. The van der Waals surface area contributed by atoms with Gasteiger partial charge in [0, 0.05) is 0 Å². The summed E-state index contributed by atoms with van der Waals surface area (Å²) in [5, 5.41) is 2.75. The van der Waals surface area contributed by atoms with Crippen molar-refractivity contribution in [2.45, 2.75) is 32.6 Å². The Morgan fingerprint density at radius 1 is 1.06 bits per heavy atom. The SMILES string of the molecule is CNC.COc1cc2c(cc1C)CCCC2. The largest absolute Gasteiger partial charge is 0.496 e. The Kier molecular flexibility index (Phi) is 5.33. The van der Waals surface area contributed by atoms with Gasteiger partial charge in [0.05, 0.1) is 7.11 Å². The number of aryl methyl sites for hydroxylation is 3. The minimum absolute atomic E-state index is 1.04. The third-order valence-corrected chi connectivity index (χ3v) is 2.86. The number of hydrogen-bond donors (Lipinski definition) is 1. The molecule has 0 bridgehead atoms. The molecule has 0 unspecified atom stereocenters. The lowest BCUT2D eigenvalue weighted by molar-refractivity contribution is 0.410. The van der Waals surface area contributed by atoms with Crippen LogP contribution in [0.15, 0.2) is 12.1 Å². The lowest BCUT2D eigenvalue weighted by atomic mass is 9.90. The minimum atomic E-state index is 1.04. The summed E-state index contributed by atoms with van der Waals surface area (Å²) in [6.07, 6.45) is 5.16. The van der Waals surface area contributed by atoms with E-state index >= 15 is 0 Å². The van der Waals surface area contributed by atoms with Crippen molar-refractivity contribution < 1.29 is 4.74 Å². The fourth-order valence-corrected chi connectivity index (χ4v) is 2.11. The molecule has 1 aromatic carbocycles. The molecule has 16 heavy (non-hydrogen) atoms. The van der Waals surface area contributed by atoms with Crippen molar-refractivity contribution in [3.05, 3.63) is 28.8 Å². The highest BCUT2D eigenvalue weighted by molar-refractivity contribution is 5.43. The van der Waals surface area contributed by atoms with Crippen molar-refractivity contribution in [2.24, 2.45) is 0 Å². The van der Waals surface area contributed by atoms with Crippen LogP contribution >= 0.6 is 0 Å². The zero-order chi connectivity index (χ0) is 12.0. The maximum atomic E-state index is 5.31. The molecule has 1 N–H and O–H groups in total. The average molecular weight is 221 g/mol. The first kappa shape index (κ1) is 13.0. The number of nitrogens with one attached hydrogen (secondary N) is 1. The van der Waals surface area contributed by atoms with E-state index in [1.54, 1.807) is 7.11 Å². The Labute approximate surface area is 99.0 Å². The fraction of sp³-hybridized carbons (Fsp3) is 0.571. The van der Waals surface area contributed by atoms with Gasteiger partial charge >= 0.3 is 0 Å². The van der Waals surface area contributed by atoms with E-state index in [9.17, 15) is 0 Å². The van der Waals surface area contributed by atoms with E-state index in [2.05, 4.69) is 24.4 Å². The van der Waals surface area contributed by atoms with E-state index in [-0.39, 0.29) is 0 Å². The van der Waals surface area contributed by atoms with Crippen molar-refractivity contribution in [3.63, 3.8) is 0 Å². The van der Waals surface area contributed by atoms with Gasteiger partial charge in [0.25, 0.3) is 0 Å². The molecule has 1 aromatic rings. The number of ether oxygens (including phenoxy) is 1. The molecular weight excluding hydrogens is 198 g/mol. The summed E-state index contributed by atoms with van der Waals surface area (Å²) in [4.78, 5) is 0. The highest BCUT2D eigenvalue weighted by Crippen LogP contribution is 2.28. The summed E-state index contributed by atoms with van der Waals surface area (Å²) in [5.74, 6) is 1.04. The minimum Gasteiger partial charge on any atom is -0.496 e. The van der Waals surface area contributed by atoms with Crippen LogP contribution in [0.5, 0.6) is 5.75 Å². The highest BCUT2D eigenvalue weighted by Gasteiger charge is 2.11. The second kappa shape index (κ2) is 6.54. The molecule has 0 fully saturated rings. The number of benzene rings is 1. The van der Waals surface area contributed by atoms with Gasteiger partial charge in [-0.1, -0.05) is 6.07 Å². The first-order chi connectivity index (χ1) is 7.72. The van der Waals surface area contributed by atoms with Gasteiger partial charge < -0.3 is 10.1 Å². The van der Waals surface area contributed by atoms with Gasteiger partial charge in [-0.25, -0.2) is 0 Å². The molecule has 2 rings (SSSR count).